The van der Waals surface area contributed by atoms with Crippen LogP contribution in [0.4, 0.5) is 5.69 Å². The molecule has 3 aromatic carbocycles. The monoisotopic (exact) mass is 562 g/mol. The number of carbonyl (C=O) groups excluding carboxylic acids is 1. The molecule has 0 saturated heterocycles. The summed E-state index contributed by atoms with van der Waals surface area (Å²) in [7, 11) is -3.97. The second-order valence-corrected chi connectivity index (χ2v) is 11.8. The number of rotatable bonds is 7. The maximum absolute atomic E-state index is 13.8. The molecule has 1 amide bonds. The number of halogens is 2. The van der Waals surface area contributed by atoms with Gasteiger partial charge in [0.05, 0.1) is 11.4 Å². The third kappa shape index (κ3) is 6.08. The van der Waals surface area contributed by atoms with Crippen molar-refractivity contribution in [3.05, 3.63) is 91.4 Å². The van der Waals surface area contributed by atoms with E-state index in [2.05, 4.69) is 21.2 Å². The number of carbonyl (C=O) groups is 1. The zero-order chi connectivity index (χ0) is 25.2. The molecule has 0 saturated carbocycles. The Hall–Kier alpha value is -2.19. The van der Waals surface area contributed by atoms with Crippen LogP contribution in [0.1, 0.15) is 33.4 Å². The Morgan fingerprint density at radius 2 is 1.44 bits per heavy atom. The fraction of sp³-hybridized carbons (Fsp3) is 0.269. The summed E-state index contributed by atoms with van der Waals surface area (Å²) >= 11 is 9.46. The molecule has 3 rings (SSSR count). The Labute approximate surface area is 215 Å². The van der Waals surface area contributed by atoms with Gasteiger partial charge in [-0.1, -0.05) is 57.4 Å². The van der Waals surface area contributed by atoms with Crippen LogP contribution in [0.25, 0.3) is 0 Å². The molecule has 0 heterocycles. The van der Waals surface area contributed by atoms with Gasteiger partial charge in [0.1, 0.15) is 0 Å². The van der Waals surface area contributed by atoms with Crippen LogP contribution in [0.15, 0.2) is 57.9 Å². The van der Waals surface area contributed by atoms with Crippen LogP contribution in [-0.4, -0.2) is 25.2 Å². The van der Waals surface area contributed by atoms with Gasteiger partial charge in [-0.2, -0.15) is 4.31 Å². The largest absolute Gasteiger partial charge is 0.324 e. The number of hydrogen-bond acceptors (Lipinski definition) is 3. The first-order valence-corrected chi connectivity index (χ1v) is 13.4. The highest BCUT2D eigenvalue weighted by Crippen LogP contribution is 2.28. The van der Waals surface area contributed by atoms with Crippen molar-refractivity contribution in [3.8, 4) is 0 Å². The third-order valence-electron chi connectivity index (χ3n) is 5.56. The van der Waals surface area contributed by atoms with Crippen LogP contribution in [0.2, 0.25) is 5.02 Å². The lowest BCUT2D eigenvalue weighted by atomic mass is 10.1. The molecule has 8 heteroatoms. The fourth-order valence-electron chi connectivity index (χ4n) is 4.17. The minimum absolute atomic E-state index is 0.0397. The van der Waals surface area contributed by atoms with Crippen molar-refractivity contribution in [2.75, 3.05) is 11.9 Å². The smallest absolute Gasteiger partial charge is 0.244 e. The van der Waals surface area contributed by atoms with Crippen molar-refractivity contribution in [2.24, 2.45) is 0 Å². The van der Waals surface area contributed by atoms with E-state index in [9.17, 15) is 13.2 Å². The standard InChI is InChI=1S/C26H28BrClN2O3S/c1-16-10-19(4)26(20(5)11-16)34(32,33)30(14-21-6-8-23(28)9-7-21)15-24(31)29-25-17(2)12-22(27)13-18(25)3/h6-13H,14-15H2,1-5H3,(H,29,31). The van der Waals surface area contributed by atoms with Gasteiger partial charge < -0.3 is 5.32 Å². The number of amides is 1. The van der Waals surface area contributed by atoms with Crippen molar-refractivity contribution in [3.63, 3.8) is 0 Å². The first-order chi connectivity index (χ1) is 15.9. The Bertz CT molecular complexity index is 1290. The van der Waals surface area contributed by atoms with Gasteiger partial charge in [-0.25, -0.2) is 8.42 Å². The molecule has 5 nitrogen and oxygen atoms in total. The zero-order valence-electron chi connectivity index (χ0n) is 19.9. The normalized spacial score (nSPS) is 11.6. The molecule has 3 aromatic rings. The first kappa shape index (κ1) is 26.4. The van der Waals surface area contributed by atoms with Gasteiger partial charge in [0, 0.05) is 21.7 Å². The first-order valence-electron chi connectivity index (χ1n) is 10.8. The Morgan fingerprint density at radius 3 is 1.97 bits per heavy atom. The molecular formula is C26H28BrClN2O3S. The summed E-state index contributed by atoms with van der Waals surface area (Å²) in [6, 6.07) is 14.4. The average molecular weight is 564 g/mol. The number of aryl methyl sites for hydroxylation is 5. The molecular weight excluding hydrogens is 536 g/mol. The number of anilines is 1. The lowest BCUT2D eigenvalue weighted by molar-refractivity contribution is -0.116. The minimum Gasteiger partial charge on any atom is -0.324 e. The highest BCUT2D eigenvalue weighted by Gasteiger charge is 2.30. The molecule has 0 bridgehead atoms. The highest BCUT2D eigenvalue weighted by atomic mass is 79.9. The number of benzene rings is 3. The summed E-state index contributed by atoms with van der Waals surface area (Å²) in [5.41, 5.74) is 5.48. The Kier molecular flexibility index (Phi) is 8.24. The number of nitrogens with zero attached hydrogens (tertiary/aromatic N) is 1. The summed E-state index contributed by atoms with van der Waals surface area (Å²) < 4.78 is 29.8. The Morgan fingerprint density at radius 1 is 0.912 bits per heavy atom. The summed E-state index contributed by atoms with van der Waals surface area (Å²) in [6.07, 6.45) is 0. The molecule has 0 aliphatic heterocycles. The van der Waals surface area contributed by atoms with Crippen LogP contribution in [0.3, 0.4) is 0 Å². The van der Waals surface area contributed by atoms with Gasteiger partial charge in [-0.05, 0) is 86.7 Å². The van der Waals surface area contributed by atoms with E-state index in [0.717, 1.165) is 26.7 Å². The zero-order valence-corrected chi connectivity index (χ0v) is 23.0. The number of nitrogens with one attached hydrogen (secondary N) is 1. The van der Waals surface area contributed by atoms with Gasteiger partial charge in [0.25, 0.3) is 0 Å². The molecule has 180 valence electrons. The van der Waals surface area contributed by atoms with E-state index >= 15 is 0 Å². The quantitative estimate of drug-likeness (QED) is 0.358. The van der Waals surface area contributed by atoms with Gasteiger partial charge in [0.2, 0.25) is 15.9 Å². The van der Waals surface area contributed by atoms with Crippen LogP contribution in [-0.2, 0) is 21.4 Å². The summed E-state index contributed by atoms with van der Waals surface area (Å²) in [5.74, 6) is -0.409. The van der Waals surface area contributed by atoms with Crippen LogP contribution < -0.4 is 5.32 Å². The van der Waals surface area contributed by atoms with Gasteiger partial charge >= 0.3 is 0 Å². The van der Waals surface area contributed by atoms with E-state index in [4.69, 9.17) is 11.6 Å². The van der Waals surface area contributed by atoms with Crippen molar-refractivity contribution < 1.29 is 13.2 Å². The molecule has 0 aliphatic rings. The predicted molar refractivity (Wildman–Crippen MR) is 142 cm³/mol. The maximum atomic E-state index is 13.8. The van der Waals surface area contributed by atoms with Crippen molar-refractivity contribution in [2.45, 2.75) is 46.1 Å². The average Bonchev–Trinajstić information content (AvgIpc) is 2.70. The van der Waals surface area contributed by atoms with E-state index in [1.807, 2.05) is 45.0 Å². The van der Waals surface area contributed by atoms with Crippen LogP contribution >= 0.6 is 27.5 Å². The molecule has 1 N–H and O–H groups in total. The molecule has 0 fully saturated rings. The summed E-state index contributed by atoms with van der Waals surface area (Å²) in [4.78, 5) is 13.3. The lowest BCUT2D eigenvalue weighted by Crippen LogP contribution is -2.38. The second kappa shape index (κ2) is 10.6. The maximum Gasteiger partial charge on any atom is 0.244 e. The van der Waals surface area contributed by atoms with E-state index in [0.29, 0.717) is 21.8 Å². The topological polar surface area (TPSA) is 66.5 Å². The molecule has 0 spiro atoms. The minimum atomic E-state index is -3.97. The second-order valence-electron chi connectivity index (χ2n) is 8.59. The van der Waals surface area contributed by atoms with Gasteiger partial charge in [-0.15, -0.1) is 0 Å². The number of sulfonamides is 1. The molecule has 0 radical (unpaired) electrons. The third-order valence-corrected chi connectivity index (χ3v) is 8.36. The summed E-state index contributed by atoms with van der Waals surface area (Å²) in [6.45, 7) is 9.00. The highest BCUT2D eigenvalue weighted by molar-refractivity contribution is 9.10. The fourth-order valence-corrected chi connectivity index (χ4v) is 6.78. The molecule has 0 aromatic heterocycles. The van der Waals surface area contributed by atoms with E-state index in [-0.39, 0.29) is 18.0 Å². The summed E-state index contributed by atoms with van der Waals surface area (Å²) in [5, 5.41) is 3.46. The van der Waals surface area contributed by atoms with Gasteiger partial charge in [0.15, 0.2) is 0 Å². The lowest BCUT2D eigenvalue weighted by Gasteiger charge is -2.24. The molecule has 0 unspecified atom stereocenters. The van der Waals surface area contributed by atoms with Crippen molar-refractivity contribution >= 4 is 49.1 Å². The molecule has 0 aliphatic carbocycles. The van der Waals surface area contributed by atoms with E-state index in [1.165, 1.54) is 4.31 Å². The van der Waals surface area contributed by atoms with Gasteiger partial charge in [-0.3, -0.25) is 4.79 Å². The van der Waals surface area contributed by atoms with Crippen LogP contribution in [0.5, 0.6) is 0 Å². The molecule has 0 atom stereocenters. The number of hydrogen-bond donors (Lipinski definition) is 1. The predicted octanol–water partition coefficient (Wildman–Crippen LogP) is 6.47. The molecule has 34 heavy (non-hydrogen) atoms. The van der Waals surface area contributed by atoms with Crippen molar-refractivity contribution in [1.29, 1.82) is 0 Å². The van der Waals surface area contributed by atoms with Crippen molar-refractivity contribution in [1.82, 2.24) is 4.31 Å². The SMILES string of the molecule is Cc1cc(C)c(S(=O)(=O)N(CC(=O)Nc2c(C)cc(Br)cc2C)Cc2ccc(Cl)cc2)c(C)c1. The van der Waals surface area contributed by atoms with E-state index in [1.54, 1.807) is 38.1 Å². The van der Waals surface area contributed by atoms with Crippen LogP contribution in [0, 0.1) is 34.6 Å². The Balaban J connectivity index is 1.99. The van der Waals surface area contributed by atoms with E-state index < -0.39 is 15.9 Å².